The van der Waals surface area contributed by atoms with Gasteiger partial charge in [-0.05, 0) is 36.8 Å². The van der Waals surface area contributed by atoms with Crippen LogP contribution in [0.25, 0.3) is 0 Å². The minimum absolute atomic E-state index is 0.0813. The van der Waals surface area contributed by atoms with E-state index in [1.54, 1.807) is 6.20 Å². The maximum absolute atomic E-state index is 5.62. The first-order chi connectivity index (χ1) is 9.70. The Morgan fingerprint density at radius 3 is 2.85 bits per heavy atom. The van der Waals surface area contributed by atoms with Crippen molar-refractivity contribution in [1.29, 1.82) is 0 Å². The highest BCUT2D eigenvalue weighted by molar-refractivity contribution is 5.74. The van der Waals surface area contributed by atoms with Crippen molar-refractivity contribution < 1.29 is 4.74 Å². The van der Waals surface area contributed by atoms with Crippen molar-refractivity contribution in [2.24, 2.45) is 4.99 Å². The lowest BCUT2D eigenvalue weighted by Gasteiger charge is -2.11. The summed E-state index contributed by atoms with van der Waals surface area (Å²) in [6, 6.07) is 9.76. The molecule has 1 atom stereocenters. The molecule has 0 radical (unpaired) electrons. The third kappa shape index (κ3) is 2.77. The number of nitrogens with one attached hydrogen (secondary N) is 1. The van der Waals surface area contributed by atoms with E-state index in [0.717, 1.165) is 28.8 Å². The Labute approximate surface area is 117 Å². The van der Waals surface area contributed by atoms with Gasteiger partial charge in [0.1, 0.15) is 11.6 Å². The molecule has 5 heteroatoms. The number of aryl methyl sites for hydroxylation is 1. The second-order valence-corrected chi connectivity index (χ2v) is 4.76. The molecule has 0 spiro atoms. The normalized spacial score (nSPS) is 17.5. The van der Waals surface area contributed by atoms with Crippen LogP contribution in [0.2, 0.25) is 0 Å². The number of nitrogens with zero attached hydrogens (tertiary/aromatic N) is 3. The summed E-state index contributed by atoms with van der Waals surface area (Å²) >= 11 is 0. The Morgan fingerprint density at radius 2 is 2.10 bits per heavy atom. The molecule has 0 saturated heterocycles. The van der Waals surface area contributed by atoms with Crippen LogP contribution < -0.4 is 5.32 Å². The van der Waals surface area contributed by atoms with Crippen LogP contribution in [0.5, 0.6) is 0 Å². The van der Waals surface area contributed by atoms with E-state index in [0.29, 0.717) is 6.54 Å². The summed E-state index contributed by atoms with van der Waals surface area (Å²) in [5.74, 6) is 2.26. The fourth-order valence-corrected chi connectivity index (χ4v) is 2.08. The second kappa shape index (κ2) is 5.28. The van der Waals surface area contributed by atoms with Crippen LogP contribution in [0.3, 0.4) is 0 Å². The third-order valence-corrected chi connectivity index (χ3v) is 3.06. The topological polar surface area (TPSA) is 59.4 Å². The molecule has 20 heavy (non-hydrogen) atoms. The van der Waals surface area contributed by atoms with Gasteiger partial charge in [0.05, 0.1) is 12.2 Å². The van der Waals surface area contributed by atoms with Crippen LogP contribution in [0.4, 0.5) is 11.6 Å². The number of aromatic nitrogens is 2. The van der Waals surface area contributed by atoms with Gasteiger partial charge in [0.2, 0.25) is 0 Å². The number of ether oxygens (including phenoxy) is 1. The van der Waals surface area contributed by atoms with E-state index in [1.165, 1.54) is 0 Å². The molecule has 0 fully saturated rings. The smallest absolute Gasteiger partial charge is 0.181 e. The van der Waals surface area contributed by atoms with Crippen molar-refractivity contribution in [3.05, 3.63) is 47.8 Å². The summed E-state index contributed by atoms with van der Waals surface area (Å²) in [5, 5.41) is 3.20. The van der Waals surface area contributed by atoms with Crippen LogP contribution in [-0.2, 0) is 4.74 Å². The van der Waals surface area contributed by atoms with E-state index >= 15 is 0 Å². The maximum atomic E-state index is 5.62. The first-order valence-electron chi connectivity index (χ1n) is 6.55. The summed E-state index contributed by atoms with van der Waals surface area (Å²) in [5.41, 5.74) is 2.03. The maximum Gasteiger partial charge on any atom is 0.181 e. The fraction of sp³-hybridized carbons (Fsp3) is 0.267. The van der Waals surface area contributed by atoms with E-state index in [9.17, 15) is 0 Å². The van der Waals surface area contributed by atoms with E-state index in [2.05, 4.69) is 20.3 Å². The van der Waals surface area contributed by atoms with Crippen LogP contribution in [0, 0.1) is 6.92 Å². The predicted octanol–water partition coefficient (Wildman–Crippen LogP) is 3.02. The van der Waals surface area contributed by atoms with Crippen molar-refractivity contribution in [2.75, 3.05) is 11.9 Å². The van der Waals surface area contributed by atoms with Gasteiger partial charge < -0.3 is 10.1 Å². The number of hydrogen-bond acceptors (Lipinski definition) is 5. The van der Waals surface area contributed by atoms with Gasteiger partial charge in [0.25, 0.3) is 0 Å². The van der Waals surface area contributed by atoms with Gasteiger partial charge >= 0.3 is 0 Å². The molecule has 3 rings (SSSR count). The molecular formula is C15H16N4O. The summed E-state index contributed by atoms with van der Waals surface area (Å²) < 4.78 is 5.62. The van der Waals surface area contributed by atoms with Crippen LogP contribution in [-0.4, -0.2) is 22.4 Å². The lowest BCUT2D eigenvalue weighted by Crippen LogP contribution is -2.06. The van der Waals surface area contributed by atoms with Crippen molar-refractivity contribution in [3.8, 4) is 0 Å². The van der Waals surface area contributed by atoms with Gasteiger partial charge in [-0.3, -0.25) is 4.99 Å². The molecule has 0 amide bonds. The predicted molar refractivity (Wildman–Crippen MR) is 78.3 cm³/mol. The minimum Gasteiger partial charge on any atom is -0.470 e. The summed E-state index contributed by atoms with van der Waals surface area (Å²) in [4.78, 5) is 13.1. The Kier molecular flexibility index (Phi) is 3.33. The molecule has 2 aromatic rings. The standard InChI is InChI=1S/C15H16N4O/c1-10-6-7-16-15(8-10)19-14-5-3-4-12(18-14)13-9-17-11(2)20-13/h3-8,13H,9H2,1-2H3,(H,16,18,19). The molecule has 1 N–H and O–H groups in total. The van der Waals surface area contributed by atoms with E-state index in [-0.39, 0.29) is 6.10 Å². The van der Waals surface area contributed by atoms with E-state index < -0.39 is 0 Å². The largest absolute Gasteiger partial charge is 0.470 e. The van der Waals surface area contributed by atoms with Gasteiger partial charge in [-0.2, -0.15) is 0 Å². The van der Waals surface area contributed by atoms with Gasteiger partial charge in [0.15, 0.2) is 12.0 Å². The lowest BCUT2D eigenvalue weighted by molar-refractivity contribution is 0.223. The molecule has 3 heterocycles. The van der Waals surface area contributed by atoms with Gasteiger partial charge in [-0.1, -0.05) is 6.07 Å². The lowest BCUT2D eigenvalue weighted by atomic mass is 10.2. The molecule has 2 aromatic heterocycles. The highest BCUT2D eigenvalue weighted by atomic mass is 16.5. The molecule has 1 aliphatic heterocycles. The quantitative estimate of drug-likeness (QED) is 0.929. The number of hydrogen-bond donors (Lipinski definition) is 1. The average molecular weight is 268 g/mol. The number of anilines is 2. The highest BCUT2D eigenvalue weighted by Crippen LogP contribution is 2.23. The number of aliphatic imine (C=N–C) groups is 1. The zero-order chi connectivity index (χ0) is 13.9. The van der Waals surface area contributed by atoms with Gasteiger partial charge in [0, 0.05) is 13.1 Å². The Bertz CT molecular complexity index is 654. The van der Waals surface area contributed by atoms with Gasteiger partial charge in [-0.25, -0.2) is 9.97 Å². The molecule has 0 aliphatic carbocycles. The third-order valence-electron chi connectivity index (χ3n) is 3.06. The van der Waals surface area contributed by atoms with E-state index in [1.807, 2.05) is 44.2 Å². The molecule has 102 valence electrons. The zero-order valence-electron chi connectivity index (χ0n) is 11.5. The number of rotatable bonds is 3. The van der Waals surface area contributed by atoms with Crippen molar-refractivity contribution >= 4 is 17.5 Å². The summed E-state index contributed by atoms with van der Waals surface area (Å²) in [7, 11) is 0. The van der Waals surface area contributed by atoms with Crippen LogP contribution >= 0.6 is 0 Å². The average Bonchev–Trinajstić information content (AvgIpc) is 2.86. The molecule has 0 aromatic carbocycles. The van der Waals surface area contributed by atoms with Gasteiger partial charge in [-0.15, -0.1) is 0 Å². The van der Waals surface area contributed by atoms with Crippen molar-refractivity contribution in [1.82, 2.24) is 9.97 Å². The molecule has 1 aliphatic rings. The first-order valence-corrected chi connectivity index (χ1v) is 6.55. The van der Waals surface area contributed by atoms with Crippen LogP contribution in [0.15, 0.2) is 41.5 Å². The SMILES string of the molecule is CC1=NCC(c2cccc(Nc3cc(C)ccn3)n2)O1. The second-order valence-electron chi connectivity index (χ2n) is 4.76. The summed E-state index contributed by atoms with van der Waals surface area (Å²) in [6.45, 7) is 4.52. The molecule has 0 bridgehead atoms. The zero-order valence-corrected chi connectivity index (χ0v) is 11.5. The first kappa shape index (κ1) is 12.6. The molecular weight excluding hydrogens is 252 g/mol. The Balaban J connectivity index is 1.78. The molecule has 1 unspecified atom stereocenters. The monoisotopic (exact) mass is 268 g/mol. The van der Waals surface area contributed by atoms with E-state index in [4.69, 9.17) is 4.74 Å². The fourth-order valence-electron chi connectivity index (χ4n) is 2.08. The van der Waals surface area contributed by atoms with Crippen molar-refractivity contribution in [2.45, 2.75) is 20.0 Å². The van der Waals surface area contributed by atoms with Crippen LogP contribution in [0.1, 0.15) is 24.3 Å². The Hall–Kier alpha value is -2.43. The van der Waals surface area contributed by atoms with Crippen molar-refractivity contribution in [3.63, 3.8) is 0 Å². The molecule has 5 nitrogen and oxygen atoms in total. The number of pyridine rings is 2. The highest BCUT2D eigenvalue weighted by Gasteiger charge is 2.20. The minimum atomic E-state index is -0.0813. The molecule has 0 saturated carbocycles. The Morgan fingerprint density at radius 1 is 1.20 bits per heavy atom. The summed E-state index contributed by atoms with van der Waals surface area (Å²) in [6.07, 6.45) is 1.70.